The van der Waals surface area contributed by atoms with Crippen LogP contribution >= 0.6 is 0 Å². The van der Waals surface area contributed by atoms with Crippen LogP contribution in [-0.4, -0.2) is 179 Å². The number of hydrogen-bond donors (Lipinski definition) is 13. The third-order valence-electron chi connectivity index (χ3n) is 6.80. The first-order valence-corrected chi connectivity index (χ1v) is 13.1. The van der Waals surface area contributed by atoms with Gasteiger partial charge in [-0.3, -0.25) is 9.78 Å². The molecule has 11 unspecified atom stereocenters. The molecule has 3 fully saturated rings. The molecule has 250 valence electrons. The summed E-state index contributed by atoms with van der Waals surface area (Å²) in [6, 6.07) is -2.47. The highest BCUT2D eigenvalue weighted by molar-refractivity contribution is 7.81. The maximum atomic E-state index is 13.1. The van der Waals surface area contributed by atoms with E-state index in [4.69, 9.17) is 15.2 Å². The lowest BCUT2D eigenvalue weighted by Gasteiger charge is -2.56. The molecule has 3 aliphatic rings. The van der Waals surface area contributed by atoms with Gasteiger partial charge in [-0.1, -0.05) is 0 Å². The van der Waals surface area contributed by atoms with Crippen LogP contribution in [-0.2, 0) is 52.6 Å². The minimum absolute atomic E-state index is 1.22. The van der Waals surface area contributed by atoms with E-state index in [-0.39, 0.29) is 0 Å². The van der Waals surface area contributed by atoms with E-state index in [0.29, 0.717) is 0 Å². The lowest BCUT2D eigenvalue weighted by molar-refractivity contribution is -0.430. The molecule has 3 saturated heterocycles. The van der Waals surface area contributed by atoms with Crippen LogP contribution in [0.1, 0.15) is 0 Å². The molecular weight excluding hydrogens is 630 g/mol. The van der Waals surface area contributed by atoms with Crippen LogP contribution in [0, 0.1) is 0 Å². The topological polar surface area (TPSA) is 402 Å². The molecule has 0 amide bonds. The number of nitrogens with two attached hydrogens (primary N) is 1. The molecule has 25 heteroatoms. The van der Waals surface area contributed by atoms with Gasteiger partial charge < -0.3 is 81.2 Å². The molecule has 3 aliphatic heterocycles. The van der Waals surface area contributed by atoms with Gasteiger partial charge in [-0.15, -0.1) is 0 Å². The van der Waals surface area contributed by atoms with E-state index >= 15 is 0 Å². The molecule has 0 aromatic carbocycles. The summed E-state index contributed by atoms with van der Waals surface area (Å²) in [4.78, 5) is 32.9. The fraction of sp³-hybridized carbons (Fsp3) is 0.889. The third kappa shape index (κ3) is 6.20. The minimum atomic E-state index is -5.88. The first-order chi connectivity index (χ1) is 19.8. The Hall–Kier alpha value is -1.83. The molecule has 24 nitrogen and oxygen atoms in total. The van der Waals surface area contributed by atoms with E-state index in [1.165, 1.54) is 0 Å². The Morgan fingerprint density at radius 3 is 1.88 bits per heavy atom. The molecular formula is C18H29NO23S. The summed E-state index contributed by atoms with van der Waals surface area (Å²) >= 11 is 0. The number of carbonyl (C=O) groups is 2. The van der Waals surface area contributed by atoms with Crippen molar-refractivity contribution in [1.82, 2.24) is 0 Å². The highest BCUT2D eigenvalue weighted by Crippen LogP contribution is 2.45. The second-order valence-electron chi connectivity index (χ2n) is 9.45. The summed E-state index contributed by atoms with van der Waals surface area (Å²) in [5.74, 6) is -8.22. The van der Waals surface area contributed by atoms with Gasteiger partial charge in [0.1, 0.15) is 54.9 Å². The molecule has 3 heterocycles. The Bertz CT molecular complexity index is 1120. The van der Waals surface area contributed by atoms with E-state index in [2.05, 4.69) is 23.2 Å². The Balaban J connectivity index is 1.84. The fourth-order valence-electron chi connectivity index (χ4n) is 4.38. The van der Waals surface area contributed by atoms with Crippen LogP contribution in [0.2, 0.25) is 0 Å². The summed E-state index contributed by atoms with van der Waals surface area (Å²) in [7, 11) is -5.88. The van der Waals surface area contributed by atoms with E-state index in [1.54, 1.807) is 0 Å². The smallest absolute Gasteiger partial charge is 0.394 e. The molecule has 0 aromatic rings. The van der Waals surface area contributed by atoms with Crippen molar-refractivity contribution < 1.29 is 112 Å². The quantitative estimate of drug-likeness (QED) is 0.0849. The van der Waals surface area contributed by atoms with Crippen molar-refractivity contribution in [1.29, 1.82) is 0 Å². The van der Waals surface area contributed by atoms with Gasteiger partial charge in [-0.2, -0.15) is 8.42 Å². The molecule has 0 radical (unpaired) electrons. The zero-order valence-corrected chi connectivity index (χ0v) is 21.9. The summed E-state index contributed by atoms with van der Waals surface area (Å²) in [5, 5.41) is 120. The van der Waals surface area contributed by atoms with Crippen LogP contribution in [0.15, 0.2) is 0 Å². The second kappa shape index (κ2) is 12.9. The number of rotatable bonds is 8. The summed E-state index contributed by atoms with van der Waals surface area (Å²) < 4.78 is 45.6. The largest absolute Gasteiger partial charge is 0.471 e. The Kier molecular flexibility index (Phi) is 10.7. The predicted molar refractivity (Wildman–Crippen MR) is 117 cm³/mol. The van der Waals surface area contributed by atoms with Crippen molar-refractivity contribution in [2.45, 2.75) is 91.0 Å². The predicted octanol–water partition coefficient (Wildman–Crippen LogP) is -10.7. The van der Waals surface area contributed by atoms with Crippen molar-refractivity contribution in [3.05, 3.63) is 0 Å². The van der Waals surface area contributed by atoms with Crippen molar-refractivity contribution in [3.8, 4) is 0 Å². The molecule has 14 N–H and O–H groups in total. The molecule has 0 bridgehead atoms. The standard InChI is InChI=1S/C18H29NO23S/c19-11-6(24)3(21)2(1-20)37-18(11,33)17(12(28)7(25)9(27)14(30)38-17)16(32)40-42-43(34,35)41-39-15(31)10-5(23)4(22)8(26)13(29)36-10/h2-14,20-30,33H,1,19H2/t2-,3+,4?,5?,6+,7?,8?,9?,10?,11-,12?,13?,14?,17?,18?/m1/s1. The van der Waals surface area contributed by atoms with Gasteiger partial charge in [0.05, 0.1) is 12.6 Å². The van der Waals surface area contributed by atoms with Crippen LogP contribution in [0.5, 0.6) is 0 Å². The normalized spacial score (nSPS) is 47.5. The first-order valence-electron chi connectivity index (χ1n) is 11.7. The van der Waals surface area contributed by atoms with Gasteiger partial charge in [0.15, 0.2) is 18.7 Å². The first kappa shape index (κ1) is 35.6. The van der Waals surface area contributed by atoms with E-state index in [9.17, 15) is 79.3 Å². The fourth-order valence-corrected chi connectivity index (χ4v) is 4.70. The van der Waals surface area contributed by atoms with Crippen LogP contribution in [0.3, 0.4) is 0 Å². The van der Waals surface area contributed by atoms with Crippen molar-refractivity contribution >= 4 is 22.3 Å². The lowest BCUT2D eigenvalue weighted by Crippen LogP contribution is -2.84. The van der Waals surface area contributed by atoms with Crippen molar-refractivity contribution in [2.24, 2.45) is 5.73 Å². The second-order valence-corrected chi connectivity index (χ2v) is 10.5. The molecule has 15 atom stereocenters. The lowest BCUT2D eigenvalue weighted by atomic mass is 9.73. The zero-order chi connectivity index (χ0) is 32.8. The molecule has 0 spiro atoms. The molecule has 0 aliphatic carbocycles. The molecule has 43 heavy (non-hydrogen) atoms. The molecule has 3 rings (SSSR count). The highest BCUT2D eigenvalue weighted by Gasteiger charge is 2.75. The number of carbonyl (C=O) groups excluding carboxylic acids is 2. The Morgan fingerprint density at radius 2 is 1.30 bits per heavy atom. The van der Waals surface area contributed by atoms with Gasteiger partial charge in [-0.05, 0) is 8.67 Å². The van der Waals surface area contributed by atoms with Gasteiger partial charge >= 0.3 is 22.3 Å². The number of ether oxygens (including phenoxy) is 3. The van der Waals surface area contributed by atoms with Crippen LogP contribution < -0.4 is 5.73 Å². The molecule has 0 aromatic heterocycles. The van der Waals surface area contributed by atoms with Gasteiger partial charge in [0.2, 0.25) is 5.79 Å². The SMILES string of the molecule is N[C@@H]1[C@@H](O)[C@@H](O)[C@@H](CO)OC1(O)C1(C(=O)OOS(=O)(=O)OOC(=O)C2OC(O)C(O)C(O)C2O)OC(O)C(O)C(O)C1O. The average molecular weight is 659 g/mol. The average Bonchev–Trinajstić information content (AvgIpc) is 2.96. The van der Waals surface area contributed by atoms with Crippen LogP contribution in [0.25, 0.3) is 0 Å². The van der Waals surface area contributed by atoms with Gasteiger partial charge in [-0.25, -0.2) is 9.59 Å². The third-order valence-corrected chi connectivity index (χ3v) is 7.27. The van der Waals surface area contributed by atoms with E-state index in [0.717, 1.165) is 0 Å². The van der Waals surface area contributed by atoms with E-state index in [1.807, 2.05) is 0 Å². The Morgan fingerprint density at radius 1 is 0.744 bits per heavy atom. The van der Waals surface area contributed by atoms with Gasteiger partial charge in [0.25, 0.3) is 5.60 Å². The summed E-state index contributed by atoms with van der Waals surface area (Å²) in [6.45, 7) is -1.22. The highest BCUT2D eigenvalue weighted by atomic mass is 32.3. The molecule has 0 saturated carbocycles. The number of hydrogen-bond acceptors (Lipinski definition) is 24. The summed E-state index contributed by atoms with van der Waals surface area (Å²) in [5.41, 5.74) is 1.77. The monoisotopic (exact) mass is 659 g/mol. The van der Waals surface area contributed by atoms with Crippen LogP contribution in [0.4, 0.5) is 0 Å². The zero-order valence-electron chi connectivity index (χ0n) is 21.1. The minimum Gasteiger partial charge on any atom is -0.394 e. The maximum absolute atomic E-state index is 13.1. The number of aliphatic hydroxyl groups excluding tert-OH is 11. The van der Waals surface area contributed by atoms with Crippen molar-refractivity contribution in [2.75, 3.05) is 6.61 Å². The Labute approximate surface area is 238 Å². The number of aliphatic hydroxyl groups is 12. The van der Waals surface area contributed by atoms with Gasteiger partial charge in [0, 0.05) is 0 Å². The summed E-state index contributed by atoms with van der Waals surface area (Å²) in [6.07, 6.45) is -28.5. The maximum Gasteiger partial charge on any atom is 0.471 e. The van der Waals surface area contributed by atoms with Crippen molar-refractivity contribution in [3.63, 3.8) is 0 Å². The van der Waals surface area contributed by atoms with E-state index < -0.39 is 120 Å².